The maximum atomic E-state index is 13.3. The molecule has 1 atom stereocenters. The van der Waals surface area contributed by atoms with Crippen molar-refractivity contribution in [1.29, 1.82) is 0 Å². The summed E-state index contributed by atoms with van der Waals surface area (Å²) in [6.45, 7) is 1.22. The second kappa shape index (κ2) is 8.55. The van der Waals surface area contributed by atoms with E-state index in [1.807, 2.05) is 10.6 Å². The van der Waals surface area contributed by atoms with Gasteiger partial charge in [0.15, 0.2) is 11.6 Å². The predicted molar refractivity (Wildman–Crippen MR) is 123 cm³/mol. The van der Waals surface area contributed by atoms with E-state index < -0.39 is 0 Å². The molecule has 0 saturated carbocycles. The number of nitrogens with zero attached hydrogens (tertiary/aromatic N) is 2. The smallest absolute Gasteiger partial charge is 0.259 e. The molecule has 0 radical (unpaired) electrons. The van der Waals surface area contributed by atoms with Crippen LogP contribution in [-0.4, -0.2) is 45.2 Å². The van der Waals surface area contributed by atoms with Gasteiger partial charge < -0.3 is 24.1 Å². The molecule has 1 aliphatic heterocycles. The van der Waals surface area contributed by atoms with Crippen molar-refractivity contribution in [3.8, 4) is 23.0 Å². The fourth-order valence-corrected chi connectivity index (χ4v) is 4.18. The Bertz CT molecular complexity index is 1400. The molecular formula is C25H23N3O5. The van der Waals surface area contributed by atoms with Crippen molar-refractivity contribution in [2.45, 2.75) is 25.5 Å². The number of H-pyrrole nitrogens is 1. The van der Waals surface area contributed by atoms with Crippen molar-refractivity contribution in [1.82, 2.24) is 14.5 Å². The summed E-state index contributed by atoms with van der Waals surface area (Å²) in [6.07, 6.45) is 3.62. The number of aromatic hydroxyl groups is 1. The Kier molecular flexibility index (Phi) is 5.43. The number of carbonyl (C=O) groups excluding carboxylic acids is 1. The lowest BCUT2D eigenvalue weighted by molar-refractivity contribution is 0.0970. The van der Waals surface area contributed by atoms with Gasteiger partial charge in [0.2, 0.25) is 0 Å². The lowest BCUT2D eigenvalue weighted by Crippen LogP contribution is -2.17. The summed E-state index contributed by atoms with van der Waals surface area (Å²) in [5.74, 6) is 0.342. The zero-order valence-corrected chi connectivity index (χ0v) is 18.1. The summed E-state index contributed by atoms with van der Waals surface area (Å²) in [5, 5.41) is 10.8. The number of methoxy groups -OCH3 is 1. The van der Waals surface area contributed by atoms with Gasteiger partial charge in [0.25, 0.3) is 5.56 Å². The van der Waals surface area contributed by atoms with Gasteiger partial charge in [-0.1, -0.05) is 12.1 Å². The number of phenols is 1. The Morgan fingerprint density at radius 1 is 1.27 bits per heavy atom. The third-order valence-corrected chi connectivity index (χ3v) is 5.89. The van der Waals surface area contributed by atoms with E-state index in [0.29, 0.717) is 46.9 Å². The van der Waals surface area contributed by atoms with Crippen LogP contribution in [0.3, 0.4) is 0 Å². The number of hydrogen-bond donors (Lipinski definition) is 2. The number of para-hydroxylation sites is 1. The largest absolute Gasteiger partial charge is 0.507 e. The average molecular weight is 445 g/mol. The third-order valence-electron chi connectivity index (χ3n) is 5.89. The zero-order chi connectivity index (χ0) is 22.9. The van der Waals surface area contributed by atoms with Crippen molar-refractivity contribution >= 4 is 16.7 Å². The Labute approximate surface area is 189 Å². The van der Waals surface area contributed by atoms with Gasteiger partial charge in [-0.3, -0.25) is 9.59 Å². The zero-order valence-electron chi connectivity index (χ0n) is 18.1. The first-order valence-electron chi connectivity index (χ1n) is 10.8. The van der Waals surface area contributed by atoms with Gasteiger partial charge >= 0.3 is 0 Å². The Hall–Kier alpha value is -3.91. The lowest BCUT2D eigenvalue weighted by atomic mass is 10.0. The standard InChI is InChI=1S/C25H23N3O5/c1-32-16-8-9-22(29)19(12-16)23(30)15-11-21(28(13-15)14-17-5-4-10-33-17)24-26-20-7-3-2-6-18(20)25(31)27-24/h2-3,6-9,11-13,17,29H,4-5,10,14H2,1H3,(H,26,27,31)/t17-/m1/s1. The van der Waals surface area contributed by atoms with Gasteiger partial charge in [-0.15, -0.1) is 0 Å². The molecule has 33 heavy (non-hydrogen) atoms. The summed E-state index contributed by atoms with van der Waals surface area (Å²) in [4.78, 5) is 33.4. The molecular weight excluding hydrogens is 422 g/mol. The van der Waals surface area contributed by atoms with E-state index in [-0.39, 0.29) is 28.8 Å². The number of aromatic nitrogens is 3. The van der Waals surface area contributed by atoms with Crippen molar-refractivity contribution in [2.75, 3.05) is 13.7 Å². The van der Waals surface area contributed by atoms with E-state index in [9.17, 15) is 14.7 Å². The molecule has 2 aromatic heterocycles. The van der Waals surface area contributed by atoms with Crippen LogP contribution < -0.4 is 10.3 Å². The maximum Gasteiger partial charge on any atom is 0.259 e. The van der Waals surface area contributed by atoms with Crippen molar-refractivity contribution in [2.24, 2.45) is 0 Å². The summed E-state index contributed by atoms with van der Waals surface area (Å²) in [6, 6.07) is 13.3. The van der Waals surface area contributed by atoms with Crippen molar-refractivity contribution in [3.05, 3.63) is 76.2 Å². The van der Waals surface area contributed by atoms with Gasteiger partial charge in [-0.25, -0.2) is 4.98 Å². The van der Waals surface area contributed by atoms with Crippen LogP contribution in [-0.2, 0) is 11.3 Å². The minimum absolute atomic E-state index is 0.0107. The van der Waals surface area contributed by atoms with Crippen LogP contribution in [0.2, 0.25) is 0 Å². The van der Waals surface area contributed by atoms with Gasteiger partial charge in [-0.2, -0.15) is 0 Å². The Morgan fingerprint density at radius 3 is 2.91 bits per heavy atom. The minimum atomic E-state index is -0.359. The van der Waals surface area contributed by atoms with E-state index in [1.54, 1.807) is 36.5 Å². The van der Waals surface area contributed by atoms with E-state index in [0.717, 1.165) is 12.8 Å². The first kappa shape index (κ1) is 21.0. The molecule has 1 saturated heterocycles. The monoisotopic (exact) mass is 445 g/mol. The fourth-order valence-electron chi connectivity index (χ4n) is 4.18. The lowest BCUT2D eigenvalue weighted by Gasteiger charge is -2.13. The number of benzene rings is 2. The third kappa shape index (κ3) is 4.01. The van der Waals surface area contributed by atoms with Crippen LogP contribution in [0.25, 0.3) is 22.4 Å². The molecule has 2 aromatic carbocycles. The number of ketones is 1. The molecule has 0 unspecified atom stereocenters. The molecule has 3 heterocycles. The molecule has 168 valence electrons. The maximum absolute atomic E-state index is 13.3. The van der Waals surface area contributed by atoms with E-state index in [1.165, 1.54) is 19.2 Å². The molecule has 0 amide bonds. The molecule has 0 spiro atoms. The molecule has 0 aliphatic carbocycles. The summed E-state index contributed by atoms with van der Waals surface area (Å²) in [7, 11) is 1.50. The molecule has 1 aliphatic rings. The summed E-state index contributed by atoms with van der Waals surface area (Å²) >= 11 is 0. The Balaban J connectivity index is 1.61. The SMILES string of the molecule is COc1ccc(O)c(C(=O)c2cc(-c3nc4ccccc4c(=O)[nH]3)n(C[C@H]3CCCO3)c2)c1. The number of phenolic OH excluding ortho intramolecular Hbond substituents is 1. The number of aromatic amines is 1. The van der Waals surface area contributed by atoms with Gasteiger partial charge in [0.05, 0.1) is 35.4 Å². The van der Waals surface area contributed by atoms with Crippen LogP contribution >= 0.6 is 0 Å². The quantitative estimate of drug-likeness (QED) is 0.440. The number of ether oxygens (including phenoxy) is 2. The van der Waals surface area contributed by atoms with Crippen LogP contribution in [0.1, 0.15) is 28.8 Å². The number of hydrogen-bond acceptors (Lipinski definition) is 6. The molecule has 1 fully saturated rings. The highest BCUT2D eigenvalue weighted by Gasteiger charge is 2.23. The van der Waals surface area contributed by atoms with Gasteiger partial charge in [0, 0.05) is 24.9 Å². The highest BCUT2D eigenvalue weighted by molar-refractivity contribution is 6.11. The number of nitrogens with one attached hydrogen (secondary N) is 1. The van der Waals surface area contributed by atoms with Crippen LogP contribution in [0.5, 0.6) is 11.5 Å². The fraction of sp³-hybridized carbons (Fsp3) is 0.240. The summed E-state index contributed by atoms with van der Waals surface area (Å²) < 4.78 is 12.9. The highest BCUT2D eigenvalue weighted by atomic mass is 16.5. The van der Waals surface area contributed by atoms with Crippen LogP contribution in [0, 0.1) is 0 Å². The molecule has 4 aromatic rings. The van der Waals surface area contributed by atoms with E-state index in [2.05, 4.69) is 9.97 Å². The van der Waals surface area contributed by atoms with Crippen molar-refractivity contribution in [3.63, 3.8) is 0 Å². The van der Waals surface area contributed by atoms with E-state index >= 15 is 0 Å². The number of carbonyl (C=O) groups is 1. The molecule has 2 N–H and O–H groups in total. The number of rotatable bonds is 6. The average Bonchev–Trinajstić information content (AvgIpc) is 3.49. The van der Waals surface area contributed by atoms with Gasteiger partial charge in [0.1, 0.15) is 11.5 Å². The predicted octanol–water partition coefficient (Wildman–Crippen LogP) is 3.52. The van der Waals surface area contributed by atoms with Gasteiger partial charge in [-0.05, 0) is 49.2 Å². The molecule has 5 rings (SSSR count). The first-order valence-corrected chi connectivity index (χ1v) is 10.8. The Morgan fingerprint density at radius 2 is 2.12 bits per heavy atom. The second-order valence-electron chi connectivity index (χ2n) is 8.05. The van der Waals surface area contributed by atoms with E-state index in [4.69, 9.17) is 9.47 Å². The molecule has 8 heteroatoms. The molecule has 8 nitrogen and oxygen atoms in total. The highest BCUT2D eigenvalue weighted by Crippen LogP contribution is 2.29. The molecule has 0 bridgehead atoms. The van der Waals surface area contributed by atoms with Crippen LogP contribution in [0.4, 0.5) is 0 Å². The first-order chi connectivity index (χ1) is 16.0. The topological polar surface area (TPSA) is 106 Å². The van der Waals surface area contributed by atoms with Crippen molar-refractivity contribution < 1.29 is 19.4 Å². The number of fused-ring (bicyclic) bond motifs is 1. The second-order valence-corrected chi connectivity index (χ2v) is 8.05. The minimum Gasteiger partial charge on any atom is -0.507 e. The van der Waals surface area contributed by atoms with Crippen LogP contribution in [0.15, 0.2) is 59.5 Å². The summed E-state index contributed by atoms with van der Waals surface area (Å²) in [5.41, 5.74) is 1.41. The normalized spacial score (nSPS) is 15.7.